The number of hydrogen-bond donors (Lipinski definition) is 1. The second kappa shape index (κ2) is 8.23. The minimum atomic E-state index is -0.454. The van der Waals surface area contributed by atoms with Gasteiger partial charge < -0.3 is 10.0 Å². The zero-order chi connectivity index (χ0) is 25.1. The summed E-state index contributed by atoms with van der Waals surface area (Å²) in [6.07, 6.45) is 0.635. The van der Waals surface area contributed by atoms with Gasteiger partial charge in [0.05, 0.1) is 23.7 Å². The number of imidazole rings is 1. The molecule has 4 aromatic carbocycles. The molecule has 182 valence electrons. The molecule has 1 saturated heterocycles. The van der Waals surface area contributed by atoms with Crippen molar-refractivity contribution in [3.8, 4) is 11.6 Å². The Labute approximate surface area is 213 Å². The van der Waals surface area contributed by atoms with Gasteiger partial charge in [-0.05, 0) is 29.0 Å². The van der Waals surface area contributed by atoms with E-state index in [-0.39, 0.29) is 29.6 Å². The van der Waals surface area contributed by atoms with Crippen LogP contribution in [0.5, 0.6) is 5.88 Å². The molecule has 37 heavy (non-hydrogen) atoms. The van der Waals surface area contributed by atoms with Crippen molar-refractivity contribution >= 4 is 16.7 Å². The lowest BCUT2D eigenvalue weighted by atomic mass is 9.89. The number of aromatic nitrogens is 2. The fraction of sp³-hybridized carbons (Fsp3) is 0.161. The molecular formula is C31H25N3O3. The van der Waals surface area contributed by atoms with E-state index in [9.17, 15) is 14.7 Å². The van der Waals surface area contributed by atoms with Crippen LogP contribution in [0.2, 0.25) is 0 Å². The Morgan fingerprint density at radius 3 is 2.14 bits per heavy atom. The number of rotatable bonds is 4. The molecule has 0 saturated carbocycles. The van der Waals surface area contributed by atoms with E-state index in [1.165, 1.54) is 4.57 Å². The van der Waals surface area contributed by atoms with E-state index in [1.54, 1.807) is 4.57 Å². The van der Waals surface area contributed by atoms with E-state index >= 15 is 0 Å². The van der Waals surface area contributed by atoms with Crippen molar-refractivity contribution < 1.29 is 9.90 Å². The zero-order valence-corrected chi connectivity index (χ0v) is 20.1. The lowest BCUT2D eigenvalue weighted by molar-refractivity contribution is -0.133. The van der Waals surface area contributed by atoms with Crippen molar-refractivity contribution in [2.75, 3.05) is 6.54 Å². The minimum absolute atomic E-state index is 0.0130. The van der Waals surface area contributed by atoms with Crippen LogP contribution in [0.25, 0.3) is 16.5 Å². The van der Waals surface area contributed by atoms with Gasteiger partial charge in [0.25, 0.3) is 0 Å². The maximum Gasteiger partial charge on any atom is 0.336 e. The molecule has 2 bridgehead atoms. The minimum Gasteiger partial charge on any atom is -0.493 e. The SMILES string of the molecule is O=C(C(c1ccccc1)c1ccccc1)N1C[C@H]2CC1c1c(O)n(-c3cccc4ccccc34)c(=O)n12. The number of hydrogen-bond acceptors (Lipinski definition) is 3. The van der Waals surface area contributed by atoms with Crippen LogP contribution >= 0.6 is 0 Å². The molecule has 3 heterocycles. The van der Waals surface area contributed by atoms with Crippen LogP contribution in [0.15, 0.2) is 108 Å². The second-order valence-electron chi connectivity index (χ2n) is 9.85. The number of benzene rings is 4. The van der Waals surface area contributed by atoms with Gasteiger partial charge in [0.15, 0.2) is 0 Å². The summed E-state index contributed by atoms with van der Waals surface area (Å²) in [7, 11) is 0. The Morgan fingerprint density at radius 1 is 0.811 bits per heavy atom. The Morgan fingerprint density at radius 2 is 1.43 bits per heavy atom. The topological polar surface area (TPSA) is 67.5 Å². The maximum absolute atomic E-state index is 14.1. The molecule has 1 aromatic heterocycles. The molecule has 7 rings (SSSR count). The molecule has 2 aliphatic rings. The summed E-state index contributed by atoms with van der Waals surface area (Å²) >= 11 is 0. The number of amides is 1. The molecule has 1 fully saturated rings. The van der Waals surface area contributed by atoms with Gasteiger partial charge in [-0.25, -0.2) is 9.36 Å². The largest absolute Gasteiger partial charge is 0.493 e. The van der Waals surface area contributed by atoms with Crippen molar-refractivity contribution in [3.63, 3.8) is 0 Å². The second-order valence-corrected chi connectivity index (χ2v) is 9.85. The number of aromatic hydroxyl groups is 1. The molecule has 1 unspecified atom stereocenters. The van der Waals surface area contributed by atoms with Crippen LogP contribution < -0.4 is 5.69 Å². The van der Waals surface area contributed by atoms with Crippen LogP contribution in [0, 0.1) is 0 Å². The molecule has 2 atom stereocenters. The summed E-state index contributed by atoms with van der Waals surface area (Å²) in [5, 5.41) is 13.3. The average molecular weight is 488 g/mol. The summed E-state index contributed by atoms with van der Waals surface area (Å²) in [5.74, 6) is -0.549. The highest BCUT2D eigenvalue weighted by Crippen LogP contribution is 2.50. The van der Waals surface area contributed by atoms with Gasteiger partial charge in [0.1, 0.15) is 5.69 Å². The molecule has 2 aliphatic heterocycles. The van der Waals surface area contributed by atoms with Gasteiger partial charge in [-0.2, -0.15) is 0 Å². The highest BCUT2D eigenvalue weighted by molar-refractivity contribution is 5.91. The van der Waals surface area contributed by atoms with Gasteiger partial charge in [-0.15, -0.1) is 0 Å². The average Bonchev–Trinajstić information content (AvgIpc) is 3.61. The Balaban J connectivity index is 1.32. The van der Waals surface area contributed by atoms with Crippen molar-refractivity contribution in [1.82, 2.24) is 14.0 Å². The molecule has 0 radical (unpaired) electrons. The molecule has 6 heteroatoms. The molecular weight excluding hydrogens is 462 g/mol. The summed E-state index contributed by atoms with van der Waals surface area (Å²) in [6, 6.07) is 32.6. The van der Waals surface area contributed by atoms with Crippen molar-refractivity contribution in [2.24, 2.45) is 0 Å². The first kappa shape index (κ1) is 21.7. The van der Waals surface area contributed by atoms with Crippen LogP contribution in [0.3, 0.4) is 0 Å². The van der Waals surface area contributed by atoms with Crippen molar-refractivity contribution in [3.05, 3.63) is 130 Å². The smallest absolute Gasteiger partial charge is 0.336 e. The van der Waals surface area contributed by atoms with Crippen molar-refractivity contribution in [1.29, 1.82) is 0 Å². The van der Waals surface area contributed by atoms with E-state index in [4.69, 9.17) is 0 Å². The lowest BCUT2D eigenvalue weighted by Gasteiger charge is -2.31. The van der Waals surface area contributed by atoms with Gasteiger partial charge in [-0.3, -0.25) is 9.36 Å². The molecule has 1 N–H and O–H groups in total. The molecule has 6 nitrogen and oxygen atoms in total. The Hall–Kier alpha value is -4.58. The monoisotopic (exact) mass is 487 g/mol. The van der Waals surface area contributed by atoms with Crippen LogP contribution in [0.1, 0.15) is 41.2 Å². The van der Waals surface area contributed by atoms with Crippen LogP contribution in [0.4, 0.5) is 0 Å². The molecule has 5 aromatic rings. The quantitative estimate of drug-likeness (QED) is 0.381. The first-order valence-corrected chi connectivity index (χ1v) is 12.6. The molecule has 1 amide bonds. The third-order valence-electron chi connectivity index (χ3n) is 7.86. The summed E-state index contributed by atoms with van der Waals surface area (Å²) in [5.41, 5.74) is 2.77. The summed E-state index contributed by atoms with van der Waals surface area (Å²) in [4.78, 5) is 29.6. The fourth-order valence-corrected chi connectivity index (χ4v) is 6.24. The van der Waals surface area contributed by atoms with E-state index < -0.39 is 5.92 Å². The number of carbonyl (C=O) groups is 1. The molecule has 0 spiro atoms. The number of likely N-dealkylation sites (tertiary alicyclic amines) is 1. The first-order valence-electron chi connectivity index (χ1n) is 12.6. The van der Waals surface area contributed by atoms with Crippen molar-refractivity contribution in [2.45, 2.75) is 24.4 Å². The Kier molecular flexibility index (Phi) is 4.83. The van der Waals surface area contributed by atoms with E-state index in [1.807, 2.05) is 108 Å². The maximum atomic E-state index is 14.1. The van der Waals surface area contributed by atoms with Crippen LogP contribution in [-0.4, -0.2) is 31.6 Å². The number of carbonyl (C=O) groups excluding carboxylic acids is 1. The highest BCUT2D eigenvalue weighted by Gasteiger charge is 2.50. The van der Waals surface area contributed by atoms with E-state index in [0.717, 1.165) is 21.9 Å². The predicted molar refractivity (Wildman–Crippen MR) is 142 cm³/mol. The fourth-order valence-electron chi connectivity index (χ4n) is 6.24. The van der Waals surface area contributed by atoms with E-state index in [0.29, 0.717) is 24.3 Å². The van der Waals surface area contributed by atoms with Gasteiger partial charge >= 0.3 is 5.69 Å². The third kappa shape index (κ3) is 3.18. The highest BCUT2D eigenvalue weighted by atomic mass is 16.3. The van der Waals surface area contributed by atoms with E-state index in [2.05, 4.69) is 0 Å². The van der Waals surface area contributed by atoms with Crippen LogP contribution in [-0.2, 0) is 4.79 Å². The predicted octanol–water partition coefficient (Wildman–Crippen LogP) is 5.16. The Bertz CT molecular complexity index is 1660. The standard InChI is InChI=1S/C31H25N3O3/c35-29(27(21-11-3-1-4-12-21)22-13-5-2-6-14-22)32-19-23-18-26(32)28-30(36)34(31(37)33(23)28)25-17-9-15-20-10-7-8-16-24(20)25/h1-17,23,26-27,36H,18-19H2/t23-,26?/m1/s1. The summed E-state index contributed by atoms with van der Waals surface area (Å²) < 4.78 is 3.10. The third-order valence-corrected chi connectivity index (χ3v) is 7.86. The van der Waals surface area contributed by atoms with Gasteiger partial charge in [-0.1, -0.05) is 97.1 Å². The normalized spacial score (nSPS) is 18.0. The van der Waals surface area contributed by atoms with Gasteiger partial charge in [0, 0.05) is 11.9 Å². The molecule has 0 aliphatic carbocycles. The number of nitrogens with zero attached hydrogens (tertiary/aromatic N) is 3. The summed E-state index contributed by atoms with van der Waals surface area (Å²) in [6.45, 7) is 0.450. The van der Waals surface area contributed by atoms with Gasteiger partial charge in [0.2, 0.25) is 11.8 Å². The number of fused-ring (bicyclic) bond motifs is 6. The lowest BCUT2D eigenvalue weighted by Crippen LogP contribution is -2.40. The first-order chi connectivity index (χ1) is 18.1. The zero-order valence-electron chi connectivity index (χ0n) is 20.1.